The van der Waals surface area contributed by atoms with E-state index in [1.165, 1.54) is 16.2 Å². The third kappa shape index (κ3) is 4.12. The van der Waals surface area contributed by atoms with Gasteiger partial charge in [-0.1, -0.05) is 36.4 Å². The van der Waals surface area contributed by atoms with E-state index in [0.717, 1.165) is 4.88 Å². The van der Waals surface area contributed by atoms with Crippen LogP contribution in [0.2, 0.25) is 0 Å². The van der Waals surface area contributed by atoms with Gasteiger partial charge in [0.15, 0.2) is 0 Å². The summed E-state index contributed by atoms with van der Waals surface area (Å²) in [5.41, 5.74) is 4.89. The first kappa shape index (κ1) is 21.2. The molecule has 0 aliphatic carbocycles. The number of hydrogen-bond donors (Lipinski definition) is 1. The summed E-state index contributed by atoms with van der Waals surface area (Å²) in [5.74, 6) is -1.63. The van der Waals surface area contributed by atoms with Gasteiger partial charge in [0.25, 0.3) is 0 Å². The zero-order valence-electron chi connectivity index (χ0n) is 17.2. The summed E-state index contributed by atoms with van der Waals surface area (Å²) in [6.07, 6.45) is 1.21. The van der Waals surface area contributed by atoms with Gasteiger partial charge in [0.1, 0.15) is 0 Å². The van der Waals surface area contributed by atoms with Crippen molar-refractivity contribution in [1.82, 2.24) is 9.80 Å². The first-order chi connectivity index (χ1) is 14.9. The summed E-state index contributed by atoms with van der Waals surface area (Å²) >= 11 is 1.48. The highest BCUT2D eigenvalue weighted by Gasteiger charge is 2.54. The van der Waals surface area contributed by atoms with Crippen molar-refractivity contribution in [2.75, 3.05) is 13.1 Å². The predicted octanol–water partition coefficient (Wildman–Crippen LogP) is 2.06. The Morgan fingerprint density at radius 3 is 2.58 bits per heavy atom. The predicted molar refractivity (Wildman–Crippen MR) is 116 cm³/mol. The highest BCUT2D eigenvalue weighted by atomic mass is 32.1. The molecular formula is C23H25N3O4S. The number of benzene rings is 1. The number of carbonyl (C=O) groups is 4. The van der Waals surface area contributed by atoms with Gasteiger partial charge in [0.2, 0.25) is 23.6 Å². The lowest BCUT2D eigenvalue weighted by Crippen LogP contribution is -2.47. The lowest BCUT2D eigenvalue weighted by atomic mass is 9.75. The molecular weight excluding hydrogens is 414 g/mol. The van der Waals surface area contributed by atoms with Crippen molar-refractivity contribution in [3.63, 3.8) is 0 Å². The number of imide groups is 1. The van der Waals surface area contributed by atoms with E-state index in [9.17, 15) is 19.2 Å². The molecule has 3 heterocycles. The summed E-state index contributed by atoms with van der Waals surface area (Å²) in [4.78, 5) is 55.2. The minimum Gasteiger partial charge on any atom is -0.369 e. The van der Waals surface area contributed by atoms with Crippen molar-refractivity contribution in [3.05, 3.63) is 58.3 Å². The highest BCUT2D eigenvalue weighted by molar-refractivity contribution is 7.09. The number of rotatable bonds is 6. The molecule has 2 fully saturated rings. The van der Waals surface area contributed by atoms with E-state index >= 15 is 0 Å². The Kier molecular flexibility index (Phi) is 5.91. The molecule has 2 aromatic rings. The molecule has 0 saturated carbocycles. The number of primary amides is 1. The Morgan fingerprint density at radius 2 is 1.90 bits per heavy atom. The van der Waals surface area contributed by atoms with Crippen LogP contribution in [0.5, 0.6) is 0 Å². The second kappa shape index (κ2) is 8.63. The number of nitrogens with zero attached hydrogens (tertiary/aromatic N) is 2. The number of hydrogen-bond acceptors (Lipinski definition) is 5. The molecule has 2 atom stereocenters. The van der Waals surface area contributed by atoms with E-state index in [1.54, 1.807) is 17.0 Å². The largest absolute Gasteiger partial charge is 0.369 e. The lowest BCUT2D eigenvalue weighted by molar-refractivity contribution is -0.144. The second-order valence-electron chi connectivity index (χ2n) is 8.25. The van der Waals surface area contributed by atoms with Crippen LogP contribution in [0.3, 0.4) is 0 Å². The zero-order chi connectivity index (χ0) is 22.0. The zero-order valence-corrected chi connectivity index (χ0v) is 18.0. The van der Waals surface area contributed by atoms with Crippen LogP contribution in [0.1, 0.15) is 36.1 Å². The molecule has 7 nitrogen and oxygen atoms in total. The van der Waals surface area contributed by atoms with Gasteiger partial charge in [-0.3, -0.25) is 24.1 Å². The van der Waals surface area contributed by atoms with E-state index < -0.39 is 11.3 Å². The fraction of sp³-hybridized carbons (Fsp3) is 0.391. The van der Waals surface area contributed by atoms with Crippen molar-refractivity contribution in [3.8, 4) is 0 Å². The standard InChI is InChI=1S/C23H25N3O4S/c24-21(29)16-6-4-10-25(14-16)19(27)12-23(17-7-2-1-3-8-17)13-20(28)26(22(23)30)15-18-9-5-11-31-18/h1-3,5,7-9,11,16H,4,6,10,12-15H2,(H2,24,29)/t16-,23+/m0/s1. The molecule has 4 rings (SSSR count). The first-order valence-corrected chi connectivity index (χ1v) is 11.3. The molecule has 2 N–H and O–H groups in total. The molecule has 4 amide bonds. The van der Waals surface area contributed by atoms with Crippen molar-refractivity contribution in [2.45, 2.75) is 37.6 Å². The average molecular weight is 440 g/mol. The fourth-order valence-electron chi connectivity index (χ4n) is 4.55. The van der Waals surface area contributed by atoms with Crippen LogP contribution in [0.25, 0.3) is 0 Å². The smallest absolute Gasteiger partial charge is 0.241 e. The Hall–Kier alpha value is -3.00. The van der Waals surface area contributed by atoms with E-state index in [1.807, 2.05) is 35.7 Å². The normalized spacial score (nSPS) is 23.9. The van der Waals surface area contributed by atoms with Gasteiger partial charge in [-0.25, -0.2) is 0 Å². The van der Waals surface area contributed by atoms with Gasteiger partial charge in [0.05, 0.1) is 17.9 Å². The third-order valence-electron chi connectivity index (χ3n) is 6.26. The van der Waals surface area contributed by atoms with E-state index in [0.29, 0.717) is 24.9 Å². The molecule has 8 heteroatoms. The SMILES string of the molecule is NC(=O)[C@H]1CCCN(C(=O)C[C@]2(c3ccccc3)CC(=O)N(Cc3cccs3)C2=O)C1. The number of thiophene rings is 1. The molecule has 2 saturated heterocycles. The highest BCUT2D eigenvalue weighted by Crippen LogP contribution is 2.41. The maximum Gasteiger partial charge on any atom is 0.241 e. The summed E-state index contributed by atoms with van der Waals surface area (Å²) in [7, 11) is 0. The number of carbonyl (C=O) groups excluding carboxylic acids is 4. The third-order valence-corrected chi connectivity index (χ3v) is 7.12. The Morgan fingerprint density at radius 1 is 1.13 bits per heavy atom. The topological polar surface area (TPSA) is 101 Å². The first-order valence-electron chi connectivity index (χ1n) is 10.4. The van der Waals surface area contributed by atoms with Gasteiger partial charge in [-0.2, -0.15) is 0 Å². The van der Waals surface area contributed by atoms with E-state index in [4.69, 9.17) is 5.73 Å². The Bertz CT molecular complexity index is 992. The molecule has 0 bridgehead atoms. The molecule has 0 unspecified atom stereocenters. The Balaban J connectivity index is 1.62. The molecule has 0 radical (unpaired) electrons. The molecule has 1 aromatic heterocycles. The van der Waals surface area contributed by atoms with Crippen LogP contribution in [0.15, 0.2) is 47.8 Å². The van der Waals surface area contributed by atoms with Gasteiger partial charge < -0.3 is 10.6 Å². The van der Waals surface area contributed by atoms with Gasteiger partial charge in [-0.05, 0) is 29.9 Å². The fourth-order valence-corrected chi connectivity index (χ4v) is 5.24. The monoisotopic (exact) mass is 439 g/mol. The number of amides is 4. The van der Waals surface area contributed by atoms with Crippen molar-refractivity contribution in [1.29, 1.82) is 0 Å². The van der Waals surface area contributed by atoms with Crippen molar-refractivity contribution < 1.29 is 19.2 Å². The van der Waals surface area contributed by atoms with Crippen LogP contribution in [0, 0.1) is 5.92 Å². The van der Waals surface area contributed by atoms with Crippen LogP contribution in [-0.4, -0.2) is 46.5 Å². The molecule has 31 heavy (non-hydrogen) atoms. The van der Waals surface area contributed by atoms with Gasteiger partial charge in [0, 0.05) is 30.8 Å². The van der Waals surface area contributed by atoms with Gasteiger partial charge >= 0.3 is 0 Å². The van der Waals surface area contributed by atoms with Crippen LogP contribution in [0.4, 0.5) is 0 Å². The Labute approximate surface area is 184 Å². The van der Waals surface area contributed by atoms with E-state index in [2.05, 4.69) is 0 Å². The quantitative estimate of drug-likeness (QED) is 0.696. The van der Waals surface area contributed by atoms with E-state index in [-0.39, 0.29) is 49.6 Å². The summed E-state index contributed by atoms with van der Waals surface area (Å²) in [6, 6.07) is 12.8. The van der Waals surface area contributed by atoms with Gasteiger partial charge in [-0.15, -0.1) is 11.3 Å². The minimum atomic E-state index is -1.23. The van der Waals surface area contributed by atoms with Crippen molar-refractivity contribution in [2.24, 2.45) is 11.7 Å². The maximum atomic E-state index is 13.6. The van der Waals surface area contributed by atoms with Crippen LogP contribution in [-0.2, 0) is 31.1 Å². The molecule has 2 aliphatic heterocycles. The number of piperidine rings is 1. The number of nitrogens with two attached hydrogens (primary N) is 1. The number of likely N-dealkylation sites (tertiary alicyclic amines) is 2. The van der Waals surface area contributed by atoms with Crippen LogP contribution >= 0.6 is 11.3 Å². The molecule has 0 spiro atoms. The van der Waals surface area contributed by atoms with Crippen LogP contribution < -0.4 is 5.73 Å². The summed E-state index contributed by atoms with van der Waals surface area (Å²) < 4.78 is 0. The lowest BCUT2D eigenvalue weighted by Gasteiger charge is -2.34. The minimum absolute atomic E-state index is 0.0416. The average Bonchev–Trinajstić information content (AvgIpc) is 3.37. The second-order valence-corrected chi connectivity index (χ2v) is 9.28. The maximum absolute atomic E-state index is 13.6. The summed E-state index contributed by atoms with van der Waals surface area (Å²) in [6.45, 7) is 1.00. The molecule has 162 valence electrons. The summed E-state index contributed by atoms with van der Waals surface area (Å²) in [5, 5.41) is 1.90. The molecule has 1 aromatic carbocycles. The van der Waals surface area contributed by atoms with Crippen molar-refractivity contribution >= 4 is 35.0 Å². The molecule has 2 aliphatic rings.